The molecule has 0 aromatic heterocycles. The number of ether oxygens (including phenoxy) is 1. The molecule has 1 amide bonds. The molecule has 0 spiro atoms. The normalized spacial score (nSPS) is 16.5. The van der Waals surface area contributed by atoms with Crippen LogP contribution in [0.3, 0.4) is 0 Å². The van der Waals surface area contributed by atoms with Crippen molar-refractivity contribution < 1.29 is 27.9 Å². The van der Waals surface area contributed by atoms with Gasteiger partial charge in [-0.1, -0.05) is 29.8 Å². The van der Waals surface area contributed by atoms with E-state index in [1.165, 1.54) is 6.07 Å². The largest absolute Gasteiger partial charge is 0.480 e. The maximum absolute atomic E-state index is 13.5. The van der Waals surface area contributed by atoms with Crippen LogP contribution < -0.4 is 16.2 Å². The van der Waals surface area contributed by atoms with E-state index in [1.807, 2.05) is 25.1 Å². The minimum atomic E-state index is -4.11. The van der Waals surface area contributed by atoms with Crippen LogP contribution >= 0.6 is 0 Å². The van der Waals surface area contributed by atoms with Gasteiger partial charge >= 0.3 is 5.97 Å². The maximum atomic E-state index is 13.5. The van der Waals surface area contributed by atoms with E-state index >= 15 is 0 Å². The van der Waals surface area contributed by atoms with E-state index in [-0.39, 0.29) is 36.5 Å². The summed E-state index contributed by atoms with van der Waals surface area (Å²) in [5.74, 6) is -1.96. The highest BCUT2D eigenvalue weighted by molar-refractivity contribution is 7.89. The van der Waals surface area contributed by atoms with Crippen LogP contribution in [0.15, 0.2) is 46.3 Å². The summed E-state index contributed by atoms with van der Waals surface area (Å²) in [6.07, 6.45) is 1.59. The Hall–Kier alpha value is -3.22. The molecule has 0 radical (unpaired) electrons. The van der Waals surface area contributed by atoms with Crippen LogP contribution in [-0.2, 0) is 24.3 Å². The number of aryl methyl sites for hydroxylation is 1. The first kappa shape index (κ1) is 27.4. The number of hydrogen-bond acceptors (Lipinski definition) is 6. The molecule has 196 valence electrons. The third kappa shape index (κ3) is 7.64. The van der Waals surface area contributed by atoms with Crippen molar-refractivity contribution in [3.63, 3.8) is 0 Å². The fourth-order valence-electron chi connectivity index (χ4n) is 4.15. The van der Waals surface area contributed by atoms with Crippen molar-refractivity contribution in [3.05, 3.63) is 42.0 Å². The van der Waals surface area contributed by atoms with E-state index in [2.05, 4.69) is 9.71 Å². The average Bonchev–Trinajstić information content (AvgIpc) is 3.32. The second kappa shape index (κ2) is 12.2. The van der Waals surface area contributed by atoms with Gasteiger partial charge in [-0.05, 0) is 55.5 Å². The summed E-state index contributed by atoms with van der Waals surface area (Å²) in [7, 11) is -4.11. The molecule has 3 rings (SSSR count). The molecule has 2 atom stereocenters. The van der Waals surface area contributed by atoms with E-state index < -0.39 is 34.5 Å². The lowest BCUT2D eigenvalue weighted by atomic mass is 10.1. The van der Waals surface area contributed by atoms with Crippen molar-refractivity contribution in [1.82, 2.24) is 9.62 Å². The number of rotatable bonds is 12. The number of carboxylic acid groups (broad SMARTS) is 1. The van der Waals surface area contributed by atoms with Gasteiger partial charge in [-0.15, -0.1) is 0 Å². The quantitative estimate of drug-likeness (QED) is 0.182. The number of hydrogen-bond donors (Lipinski definition) is 4. The van der Waals surface area contributed by atoms with E-state index in [1.54, 1.807) is 12.1 Å². The second-order valence-corrected chi connectivity index (χ2v) is 10.6. The molecular weight excluding hydrogens is 486 g/mol. The molecule has 1 saturated heterocycles. The Labute approximate surface area is 210 Å². The number of aliphatic imine (C=N–C) groups is 1. The minimum absolute atomic E-state index is 0.00605. The van der Waals surface area contributed by atoms with Crippen molar-refractivity contribution in [2.75, 3.05) is 26.2 Å². The SMILES string of the molecule is Cc1ccc2ccc(S(=O)(=O)NC(CCCN=C(N)N)C(=O)N(CC(=O)O)CC3CCCO3)cc2c1. The van der Waals surface area contributed by atoms with Gasteiger partial charge in [-0.2, -0.15) is 4.72 Å². The number of sulfonamides is 1. The zero-order valence-electron chi connectivity index (χ0n) is 20.2. The molecule has 36 heavy (non-hydrogen) atoms. The molecule has 1 fully saturated rings. The van der Waals surface area contributed by atoms with E-state index in [0.717, 1.165) is 27.7 Å². The Kier molecular flexibility index (Phi) is 9.24. The average molecular weight is 520 g/mol. The van der Waals surface area contributed by atoms with Gasteiger partial charge in [0.2, 0.25) is 15.9 Å². The zero-order chi connectivity index (χ0) is 26.3. The summed E-state index contributed by atoms with van der Waals surface area (Å²) in [4.78, 5) is 30.0. The van der Waals surface area contributed by atoms with Crippen molar-refractivity contribution >= 4 is 38.6 Å². The van der Waals surface area contributed by atoms with Gasteiger partial charge in [0.25, 0.3) is 0 Å². The highest BCUT2D eigenvalue weighted by Gasteiger charge is 2.32. The van der Waals surface area contributed by atoms with Crippen LogP contribution in [-0.4, -0.2) is 74.6 Å². The molecule has 1 heterocycles. The lowest BCUT2D eigenvalue weighted by Gasteiger charge is -2.28. The molecule has 0 saturated carbocycles. The van der Waals surface area contributed by atoms with Crippen molar-refractivity contribution in [1.29, 1.82) is 0 Å². The predicted molar refractivity (Wildman–Crippen MR) is 136 cm³/mol. The number of nitrogens with one attached hydrogen (secondary N) is 1. The molecule has 2 aromatic carbocycles. The van der Waals surface area contributed by atoms with Crippen LogP contribution in [0.1, 0.15) is 31.2 Å². The fourth-order valence-corrected chi connectivity index (χ4v) is 5.41. The van der Waals surface area contributed by atoms with Gasteiger partial charge in [0.1, 0.15) is 12.6 Å². The Bertz CT molecular complexity index is 1220. The first-order valence-corrected chi connectivity index (χ1v) is 13.2. The number of amides is 1. The molecule has 1 aliphatic rings. The van der Waals surface area contributed by atoms with Gasteiger partial charge < -0.3 is 26.2 Å². The van der Waals surface area contributed by atoms with Gasteiger partial charge in [0, 0.05) is 19.7 Å². The smallest absolute Gasteiger partial charge is 0.323 e. The number of aliphatic carboxylic acids is 1. The number of carboxylic acids is 1. The van der Waals surface area contributed by atoms with Crippen LogP contribution in [0.5, 0.6) is 0 Å². The topological polar surface area (TPSA) is 177 Å². The van der Waals surface area contributed by atoms with E-state index in [0.29, 0.717) is 19.4 Å². The number of benzene rings is 2. The summed E-state index contributed by atoms with van der Waals surface area (Å²) in [6, 6.07) is 9.23. The van der Waals surface area contributed by atoms with Crippen molar-refractivity contribution in [3.8, 4) is 0 Å². The lowest BCUT2D eigenvalue weighted by Crippen LogP contribution is -2.51. The number of fused-ring (bicyclic) bond motifs is 1. The Morgan fingerprint density at radius 2 is 1.97 bits per heavy atom. The van der Waals surface area contributed by atoms with Gasteiger partial charge in [-0.25, -0.2) is 8.42 Å². The minimum Gasteiger partial charge on any atom is -0.480 e. The Morgan fingerprint density at radius 3 is 2.64 bits per heavy atom. The highest BCUT2D eigenvalue weighted by Crippen LogP contribution is 2.22. The molecule has 6 N–H and O–H groups in total. The molecule has 0 aliphatic carbocycles. The molecule has 1 aliphatic heterocycles. The second-order valence-electron chi connectivity index (χ2n) is 8.88. The van der Waals surface area contributed by atoms with Gasteiger partial charge in [0.15, 0.2) is 5.96 Å². The number of carbonyl (C=O) groups is 2. The van der Waals surface area contributed by atoms with Crippen molar-refractivity contribution in [2.45, 2.75) is 49.6 Å². The van der Waals surface area contributed by atoms with Gasteiger partial charge in [0.05, 0.1) is 11.0 Å². The predicted octanol–water partition coefficient (Wildman–Crippen LogP) is 0.941. The molecule has 11 nitrogen and oxygen atoms in total. The third-order valence-electron chi connectivity index (χ3n) is 5.90. The van der Waals surface area contributed by atoms with Crippen LogP contribution in [0, 0.1) is 6.92 Å². The Morgan fingerprint density at radius 1 is 1.22 bits per heavy atom. The summed E-state index contributed by atoms with van der Waals surface area (Å²) in [6.45, 7) is 2.13. The maximum Gasteiger partial charge on any atom is 0.323 e. The summed E-state index contributed by atoms with van der Waals surface area (Å²) in [5.41, 5.74) is 11.7. The molecule has 2 unspecified atom stereocenters. The van der Waals surface area contributed by atoms with Crippen molar-refractivity contribution in [2.24, 2.45) is 16.5 Å². The van der Waals surface area contributed by atoms with Gasteiger partial charge in [-0.3, -0.25) is 14.6 Å². The first-order valence-electron chi connectivity index (χ1n) is 11.8. The number of guanidine groups is 1. The summed E-state index contributed by atoms with van der Waals surface area (Å²) < 4.78 is 34.7. The number of carbonyl (C=O) groups excluding carboxylic acids is 1. The molecule has 2 aromatic rings. The number of nitrogens with zero attached hydrogens (tertiary/aromatic N) is 2. The monoisotopic (exact) mass is 519 g/mol. The fraction of sp³-hybridized carbons (Fsp3) is 0.458. The highest BCUT2D eigenvalue weighted by atomic mass is 32.2. The zero-order valence-corrected chi connectivity index (χ0v) is 21.0. The van der Waals surface area contributed by atoms with E-state index in [9.17, 15) is 23.1 Å². The first-order chi connectivity index (χ1) is 17.0. The third-order valence-corrected chi connectivity index (χ3v) is 7.37. The molecule has 0 bridgehead atoms. The summed E-state index contributed by atoms with van der Waals surface area (Å²) >= 11 is 0. The van der Waals surface area contributed by atoms with Crippen LogP contribution in [0.4, 0.5) is 0 Å². The van der Waals surface area contributed by atoms with Crippen LogP contribution in [0.2, 0.25) is 0 Å². The number of nitrogens with two attached hydrogens (primary N) is 2. The Balaban J connectivity index is 1.86. The van der Waals surface area contributed by atoms with Crippen LogP contribution in [0.25, 0.3) is 10.8 Å². The standard InChI is InChI=1S/C24H33N5O6S/c1-16-6-7-17-8-9-20(13-18(17)12-16)36(33,34)28-21(5-2-10-27-24(25)26)23(32)29(15-22(30)31)14-19-4-3-11-35-19/h6-9,12-13,19,21,28H,2-5,10-11,14-15H2,1H3,(H,30,31)(H4,25,26,27). The van der Waals surface area contributed by atoms with E-state index in [4.69, 9.17) is 16.2 Å². The summed E-state index contributed by atoms with van der Waals surface area (Å²) in [5, 5.41) is 11.0. The lowest BCUT2D eigenvalue weighted by molar-refractivity contribution is -0.146. The molecular formula is C24H33N5O6S. The molecule has 12 heteroatoms.